The smallest absolute Gasteiger partial charge is 0.463 e. The normalized spacial score (nSPS) is 14.1. The van der Waals surface area contributed by atoms with Gasteiger partial charge < -0.3 is 10.4 Å². The first kappa shape index (κ1) is 19.6. The third-order valence-electron chi connectivity index (χ3n) is 3.11. The van der Waals surface area contributed by atoms with Crippen molar-refractivity contribution in [2.75, 3.05) is 6.54 Å². The van der Waals surface area contributed by atoms with Crippen LogP contribution in [0.1, 0.15) is 33.1 Å². The number of alkyl halides is 5. The molecule has 1 amide bonds. The minimum Gasteiger partial charge on any atom is -0.481 e. The van der Waals surface area contributed by atoms with Crippen LogP contribution in [-0.2, 0) is 9.59 Å². The van der Waals surface area contributed by atoms with E-state index in [0.717, 1.165) is 0 Å². The van der Waals surface area contributed by atoms with Crippen molar-refractivity contribution in [3.05, 3.63) is 0 Å². The highest BCUT2D eigenvalue weighted by molar-refractivity contribution is 5.84. The molecule has 0 aliphatic heterocycles. The van der Waals surface area contributed by atoms with Crippen LogP contribution in [0.5, 0.6) is 0 Å². The highest BCUT2D eigenvalue weighted by Crippen LogP contribution is 2.35. The molecule has 2 N–H and O–H groups in total. The summed E-state index contributed by atoms with van der Waals surface area (Å²) < 4.78 is 61.1. The molecule has 0 spiro atoms. The third kappa shape index (κ3) is 6.26. The van der Waals surface area contributed by atoms with E-state index < -0.39 is 24.0 Å². The Morgan fingerprint density at radius 3 is 2.00 bits per heavy atom. The molecule has 0 fully saturated rings. The molecule has 1 atom stereocenters. The summed E-state index contributed by atoms with van der Waals surface area (Å²) in [5, 5.41) is 10.1. The third-order valence-corrected chi connectivity index (χ3v) is 3.11. The highest BCUT2D eigenvalue weighted by Gasteiger charge is 2.63. The maximum atomic E-state index is 12.6. The zero-order valence-corrected chi connectivity index (χ0v) is 11.6. The molecule has 0 aromatic heterocycles. The van der Waals surface area contributed by atoms with Crippen LogP contribution in [0, 0.1) is 11.8 Å². The van der Waals surface area contributed by atoms with Gasteiger partial charge in [0.05, 0.1) is 0 Å². The second kappa shape index (κ2) is 7.56. The van der Waals surface area contributed by atoms with E-state index >= 15 is 0 Å². The molecule has 0 aliphatic carbocycles. The van der Waals surface area contributed by atoms with Gasteiger partial charge in [-0.1, -0.05) is 13.8 Å². The lowest BCUT2D eigenvalue weighted by atomic mass is 9.88. The van der Waals surface area contributed by atoms with Crippen molar-refractivity contribution in [2.45, 2.75) is 45.2 Å². The van der Waals surface area contributed by atoms with Crippen LogP contribution in [0.15, 0.2) is 0 Å². The second-order valence-electron chi connectivity index (χ2n) is 5.05. The van der Waals surface area contributed by atoms with Gasteiger partial charge in [-0.3, -0.25) is 9.59 Å². The molecule has 124 valence electrons. The molecule has 0 rings (SSSR count). The maximum absolute atomic E-state index is 12.6. The number of halogens is 5. The van der Waals surface area contributed by atoms with Gasteiger partial charge in [-0.05, 0) is 24.7 Å². The lowest BCUT2D eigenvalue weighted by Crippen LogP contribution is -2.50. The first-order chi connectivity index (χ1) is 9.39. The largest absolute Gasteiger partial charge is 0.481 e. The van der Waals surface area contributed by atoms with E-state index in [0.29, 0.717) is 0 Å². The molecule has 4 nitrogen and oxygen atoms in total. The molecule has 0 aliphatic rings. The van der Waals surface area contributed by atoms with E-state index in [9.17, 15) is 31.5 Å². The summed E-state index contributed by atoms with van der Waals surface area (Å²) in [7, 11) is 0. The van der Waals surface area contributed by atoms with Crippen molar-refractivity contribution in [2.24, 2.45) is 11.8 Å². The van der Waals surface area contributed by atoms with Crippen molar-refractivity contribution in [1.29, 1.82) is 0 Å². The number of hydrogen-bond acceptors (Lipinski definition) is 2. The predicted molar refractivity (Wildman–Crippen MR) is 63.8 cm³/mol. The van der Waals surface area contributed by atoms with Gasteiger partial charge in [0.2, 0.25) is 0 Å². The van der Waals surface area contributed by atoms with E-state index in [4.69, 9.17) is 5.11 Å². The van der Waals surface area contributed by atoms with Gasteiger partial charge in [0, 0.05) is 13.0 Å². The van der Waals surface area contributed by atoms with Crippen LogP contribution in [0.25, 0.3) is 0 Å². The fraction of sp³-hybridized carbons (Fsp3) is 0.833. The summed E-state index contributed by atoms with van der Waals surface area (Å²) in [5.74, 6) is -9.02. The summed E-state index contributed by atoms with van der Waals surface area (Å²) in [5.41, 5.74) is 0. The van der Waals surface area contributed by atoms with Crippen molar-refractivity contribution in [1.82, 2.24) is 5.32 Å². The monoisotopic (exact) mass is 319 g/mol. The summed E-state index contributed by atoms with van der Waals surface area (Å²) >= 11 is 0. The number of carboxylic acids is 1. The van der Waals surface area contributed by atoms with Crippen LogP contribution >= 0.6 is 0 Å². The molecule has 21 heavy (non-hydrogen) atoms. The van der Waals surface area contributed by atoms with Gasteiger partial charge in [0.15, 0.2) is 0 Å². The Bertz CT molecular complexity index is 368. The van der Waals surface area contributed by atoms with Crippen molar-refractivity contribution >= 4 is 11.9 Å². The van der Waals surface area contributed by atoms with Crippen LogP contribution in [-0.4, -0.2) is 35.6 Å². The van der Waals surface area contributed by atoms with Crippen LogP contribution in [0.4, 0.5) is 22.0 Å². The zero-order valence-electron chi connectivity index (χ0n) is 11.6. The number of aliphatic carboxylic acids is 1. The molecule has 0 aromatic carbocycles. The highest BCUT2D eigenvalue weighted by atomic mass is 19.4. The van der Waals surface area contributed by atoms with Gasteiger partial charge in [0.1, 0.15) is 0 Å². The Morgan fingerprint density at radius 2 is 1.62 bits per heavy atom. The average molecular weight is 319 g/mol. The number of hydrogen-bond donors (Lipinski definition) is 2. The van der Waals surface area contributed by atoms with E-state index in [1.54, 1.807) is 19.2 Å². The lowest BCUT2D eigenvalue weighted by Gasteiger charge is -2.22. The second-order valence-corrected chi connectivity index (χ2v) is 5.05. The molecule has 0 aromatic rings. The predicted octanol–water partition coefficient (Wildman–Crippen LogP) is 2.83. The molecule has 0 radical (unpaired) electrons. The van der Waals surface area contributed by atoms with Gasteiger partial charge in [-0.2, -0.15) is 22.0 Å². The fourth-order valence-corrected chi connectivity index (χ4v) is 1.73. The number of amides is 1. The Hall–Kier alpha value is -1.41. The summed E-state index contributed by atoms with van der Waals surface area (Å²) in [6.45, 7) is 3.18. The summed E-state index contributed by atoms with van der Waals surface area (Å²) in [6, 6.07) is 0. The Balaban J connectivity index is 4.38. The number of nitrogens with one attached hydrogen (secondary N) is 1. The number of carbonyl (C=O) groups excluding carboxylic acids is 1. The molecule has 0 bridgehead atoms. The standard InChI is InChI=1S/C12H18F5NO3/c1-7(2)8(3-4-9(19)20)5-6-18-10(21)11(13,14)12(15,16)17/h7-8H,3-6H2,1-2H3,(H,18,21)(H,19,20). The lowest BCUT2D eigenvalue weighted by molar-refractivity contribution is -0.269. The first-order valence-electron chi connectivity index (χ1n) is 6.34. The van der Waals surface area contributed by atoms with Gasteiger partial charge in [0.25, 0.3) is 5.91 Å². The van der Waals surface area contributed by atoms with Crippen molar-refractivity contribution < 1.29 is 36.6 Å². The fourth-order valence-electron chi connectivity index (χ4n) is 1.73. The Kier molecular flexibility index (Phi) is 7.05. The minimum atomic E-state index is -5.93. The van der Waals surface area contributed by atoms with Crippen LogP contribution < -0.4 is 5.32 Å². The molecular formula is C12H18F5NO3. The molecule has 0 heterocycles. The van der Waals surface area contributed by atoms with E-state index in [1.165, 1.54) is 0 Å². The number of carbonyl (C=O) groups is 2. The molecule has 0 saturated heterocycles. The molecular weight excluding hydrogens is 301 g/mol. The van der Waals surface area contributed by atoms with Gasteiger partial charge in [-0.15, -0.1) is 0 Å². The van der Waals surface area contributed by atoms with E-state index in [1.807, 2.05) is 0 Å². The zero-order chi connectivity index (χ0) is 16.8. The Labute approximate surface area is 118 Å². The van der Waals surface area contributed by atoms with E-state index in [-0.39, 0.29) is 37.6 Å². The van der Waals surface area contributed by atoms with Crippen molar-refractivity contribution in [3.63, 3.8) is 0 Å². The van der Waals surface area contributed by atoms with E-state index in [2.05, 4.69) is 0 Å². The van der Waals surface area contributed by atoms with Crippen LogP contribution in [0.3, 0.4) is 0 Å². The molecule has 0 saturated carbocycles. The minimum absolute atomic E-state index is 0.0179. The topological polar surface area (TPSA) is 66.4 Å². The SMILES string of the molecule is CC(C)C(CCNC(=O)C(F)(F)C(F)(F)F)CCC(=O)O. The maximum Gasteiger partial charge on any atom is 0.463 e. The van der Waals surface area contributed by atoms with Crippen molar-refractivity contribution in [3.8, 4) is 0 Å². The number of rotatable bonds is 8. The summed E-state index contributed by atoms with van der Waals surface area (Å²) in [6.07, 6.45) is -5.67. The van der Waals surface area contributed by atoms with Crippen LogP contribution in [0.2, 0.25) is 0 Å². The number of carboxylic acid groups (broad SMARTS) is 1. The van der Waals surface area contributed by atoms with Gasteiger partial charge >= 0.3 is 18.1 Å². The average Bonchev–Trinajstić information content (AvgIpc) is 2.30. The molecule has 9 heteroatoms. The first-order valence-corrected chi connectivity index (χ1v) is 6.34. The quantitative estimate of drug-likeness (QED) is 0.676. The van der Waals surface area contributed by atoms with Gasteiger partial charge in [-0.25, -0.2) is 0 Å². The molecule has 1 unspecified atom stereocenters. The summed E-state index contributed by atoms with van der Waals surface area (Å²) in [4.78, 5) is 21.3. The Morgan fingerprint density at radius 1 is 1.10 bits per heavy atom.